The van der Waals surface area contributed by atoms with Gasteiger partial charge < -0.3 is 4.90 Å². The molecule has 0 saturated carbocycles. The first-order chi connectivity index (χ1) is 7.19. The summed E-state index contributed by atoms with van der Waals surface area (Å²) >= 11 is 0. The summed E-state index contributed by atoms with van der Waals surface area (Å²) in [6, 6.07) is 5.78. The third-order valence-corrected chi connectivity index (χ3v) is 1.95. The molecule has 0 aliphatic heterocycles. The lowest BCUT2D eigenvalue weighted by atomic mass is 10.2. The first-order valence-corrected chi connectivity index (χ1v) is 4.51. The Morgan fingerprint density at radius 1 is 1.53 bits per heavy atom. The summed E-state index contributed by atoms with van der Waals surface area (Å²) in [5.74, 6) is 0.408. The van der Waals surface area contributed by atoms with Crippen LogP contribution < -0.4 is 4.90 Å². The first-order valence-electron chi connectivity index (χ1n) is 4.51. The second-order valence-electron chi connectivity index (χ2n) is 3.29. The molecule has 0 bridgehead atoms. The van der Waals surface area contributed by atoms with Gasteiger partial charge in [-0.1, -0.05) is 0 Å². The van der Waals surface area contributed by atoms with Crippen LogP contribution in [0.3, 0.4) is 0 Å². The molecule has 0 N–H and O–H groups in total. The largest absolute Gasteiger partial charge is 0.356 e. The van der Waals surface area contributed by atoms with Gasteiger partial charge in [0.05, 0.1) is 23.7 Å². The van der Waals surface area contributed by atoms with Gasteiger partial charge in [-0.25, -0.2) is 0 Å². The lowest BCUT2D eigenvalue weighted by Crippen LogP contribution is -2.25. The van der Waals surface area contributed by atoms with Crippen LogP contribution in [0.15, 0.2) is 12.3 Å². The Morgan fingerprint density at radius 2 is 2.27 bits per heavy atom. The van der Waals surface area contributed by atoms with E-state index in [1.165, 1.54) is 6.20 Å². The van der Waals surface area contributed by atoms with Crippen LogP contribution in [0.5, 0.6) is 0 Å². The van der Waals surface area contributed by atoms with Crippen LogP contribution in [0.2, 0.25) is 0 Å². The van der Waals surface area contributed by atoms with Crippen molar-refractivity contribution in [2.24, 2.45) is 5.92 Å². The van der Waals surface area contributed by atoms with Crippen molar-refractivity contribution in [1.29, 1.82) is 10.5 Å². The van der Waals surface area contributed by atoms with E-state index in [-0.39, 0.29) is 5.92 Å². The molecule has 76 valence electrons. The van der Waals surface area contributed by atoms with Crippen LogP contribution >= 0.6 is 0 Å². The molecule has 0 aromatic carbocycles. The van der Waals surface area contributed by atoms with Gasteiger partial charge in [0.15, 0.2) is 5.82 Å². The molecule has 0 aliphatic carbocycles. The standard InChI is InChI=1S/C10H11N5/c1-8(5-11)7-15(2)10-9(6-12)3-4-13-14-10/h3-4,8H,7H2,1-2H3. The zero-order valence-corrected chi connectivity index (χ0v) is 8.68. The topological polar surface area (TPSA) is 76.6 Å². The normalized spacial score (nSPS) is 11.2. The van der Waals surface area contributed by atoms with Crippen LogP contribution in [-0.2, 0) is 0 Å². The number of nitriles is 2. The molecular formula is C10H11N5. The van der Waals surface area contributed by atoms with Crippen molar-refractivity contribution in [3.63, 3.8) is 0 Å². The molecule has 0 amide bonds. The number of aromatic nitrogens is 2. The quantitative estimate of drug-likeness (QED) is 0.727. The van der Waals surface area contributed by atoms with Crippen molar-refractivity contribution in [2.45, 2.75) is 6.92 Å². The van der Waals surface area contributed by atoms with Crippen LogP contribution in [0.1, 0.15) is 12.5 Å². The lowest BCUT2D eigenvalue weighted by Gasteiger charge is -2.19. The van der Waals surface area contributed by atoms with E-state index in [0.717, 1.165) is 0 Å². The van der Waals surface area contributed by atoms with Gasteiger partial charge in [0, 0.05) is 13.6 Å². The molecular weight excluding hydrogens is 190 g/mol. The Balaban J connectivity index is 2.88. The van der Waals surface area contributed by atoms with Gasteiger partial charge in [0.25, 0.3) is 0 Å². The second-order valence-corrected chi connectivity index (χ2v) is 3.29. The SMILES string of the molecule is CC(C#N)CN(C)c1nnccc1C#N. The maximum atomic E-state index is 8.85. The fraction of sp³-hybridized carbons (Fsp3) is 0.400. The van der Waals surface area contributed by atoms with Gasteiger partial charge in [-0.3, -0.25) is 0 Å². The van der Waals surface area contributed by atoms with E-state index in [1.54, 1.807) is 18.0 Å². The highest BCUT2D eigenvalue weighted by Crippen LogP contribution is 2.14. The van der Waals surface area contributed by atoms with Crippen LogP contribution in [0, 0.1) is 28.6 Å². The van der Waals surface area contributed by atoms with Crippen LogP contribution in [0.25, 0.3) is 0 Å². The lowest BCUT2D eigenvalue weighted by molar-refractivity contribution is 0.704. The molecule has 0 saturated heterocycles. The van der Waals surface area contributed by atoms with E-state index in [9.17, 15) is 0 Å². The van der Waals surface area contributed by atoms with Crippen molar-refractivity contribution < 1.29 is 0 Å². The van der Waals surface area contributed by atoms with Gasteiger partial charge in [-0.15, -0.1) is 5.10 Å². The average Bonchev–Trinajstić information content (AvgIpc) is 2.28. The molecule has 15 heavy (non-hydrogen) atoms. The maximum absolute atomic E-state index is 8.85. The molecule has 1 rings (SSSR count). The van der Waals surface area contributed by atoms with Crippen molar-refractivity contribution in [3.8, 4) is 12.1 Å². The van der Waals surface area contributed by atoms with E-state index in [0.29, 0.717) is 17.9 Å². The predicted molar refractivity (Wildman–Crippen MR) is 54.8 cm³/mol. The Bertz CT molecular complexity index is 415. The van der Waals surface area contributed by atoms with E-state index in [1.807, 2.05) is 13.0 Å². The molecule has 0 radical (unpaired) electrons. The summed E-state index contributed by atoms with van der Waals surface area (Å²) in [5.41, 5.74) is 0.470. The second kappa shape index (κ2) is 4.92. The van der Waals surface area contributed by atoms with E-state index in [4.69, 9.17) is 10.5 Å². The number of hydrogen-bond acceptors (Lipinski definition) is 5. The van der Waals surface area contributed by atoms with E-state index >= 15 is 0 Å². The van der Waals surface area contributed by atoms with Crippen molar-refractivity contribution in [2.75, 3.05) is 18.5 Å². The van der Waals surface area contributed by atoms with Gasteiger partial charge in [0.1, 0.15) is 6.07 Å². The van der Waals surface area contributed by atoms with Gasteiger partial charge in [0.2, 0.25) is 0 Å². The van der Waals surface area contributed by atoms with Gasteiger partial charge in [-0.05, 0) is 13.0 Å². The van der Waals surface area contributed by atoms with E-state index in [2.05, 4.69) is 16.3 Å². The molecule has 1 heterocycles. The smallest absolute Gasteiger partial charge is 0.169 e. The summed E-state index contributed by atoms with van der Waals surface area (Å²) in [5, 5.41) is 25.1. The summed E-state index contributed by atoms with van der Waals surface area (Å²) in [7, 11) is 1.79. The summed E-state index contributed by atoms with van der Waals surface area (Å²) in [4.78, 5) is 1.76. The highest BCUT2D eigenvalue weighted by atomic mass is 15.2. The minimum absolute atomic E-state index is 0.108. The fourth-order valence-electron chi connectivity index (χ4n) is 1.23. The minimum Gasteiger partial charge on any atom is -0.356 e. The monoisotopic (exact) mass is 201 g/mol. The van der Waals surface area contributed by atoms with Gasteiger partial charge in [-0.2, -0.15) is 15.6 Å². The first kappa shape index (κ1) is 10.9. The van der Waals surface area contributed by atoms with Crippen molar-refractivity contribution in [1.82, 2.24) is 10.2 Å². The molecule has 0 aliphatic rings. The number of nitrogens with zero attached hydrogens (tertiary/aromatic N) is 5. The minimum atomic E-state index is -0.108. The molecule has 1 unspecified atom stereocenters. The summed E-state index contributed by atoms with van der Waals surface area (Å²) in [6.07, 6.45) is 1.48. The molecule has 0 fully saturated rings. The molecule has 1 atom stereocenters. The third-order valence-electron chi connectivity index (χ3n) is 1.95. The molecule has 5 heteroatoms. The van der Waals surface area contributed by atoms with Crippen molar-refractivity contribution in [3.05, 3.63) is 17.8 Å². The average molecular weight is 201 g/mol. The number of rotatable bonds is 3. The third kappa shape index (κ3) is 2.65. The molecule has 5 nitrogen and oxygen atoms in total. The molecule has 0 spiro atoms. The van der Waals surface area contributed by atoms with Gasteiger partial charge >= 0.3 is 0 Å². The maximum Gasteiger partial charge on any atom is 0.169 e. The van der Waals surface area contributed by atoms with Crippen molar-refractivity contribution >= 4 is 5.82 Å². The highest BCUT2D eigenvalue weighted by molar-refractivity contribution is 5.51. The summed E-state index contributed by atoms with van der Waals surface area (Å²) in [6.45, 7) is 2.35. The highest BCUT2D eigenvalue weighted by Gasteiger charge is 2.11. The fourth-order valence-corrected chi connectivity index (χ4v) is 1.23. The predicted octanol–water partition coefficient (Wildman–Crippen LogP) is 0.944. The summed E-state index contributed by atoms with van der Waals surface area (Å²) < 4.78 is 0. The number of anilines is 1. The van der Waals surface area contributed by atoms with E-state index < -0.39 is 0 Å². The Morgan fingerprint density at radius 3 is 2.87 bits per heavy atom. The zero-order chi connectivity index (χ0) is 11.3. The van der Waals surface area contributed by atoms with Crippen LogP contribution in [-0.4, -0.2) is 23.8 Å². The Labute approximate surface area is 88.6 Å². The number of hydrogen-bond donors (Lipinski definition) is 0. The molecule has 1 aromatic rings. The Kier molecular flexibility index (Phi) is 3.59. The molecule has 1 aromatic heterocycles. The van der Waals surface area contributed by atoms with Crippen LogP contribution in [0.4, 0.5) is 5.82 Å². The zero-order valence-electron chi connectivity index (χ0n) is 8.68. The Hall–Kier alpha value is -2.14.